The van der Waals surface area contributed by atoms with E-state index in [-0.39, 0.29) is 5.75 Å². The normalized spacial score (nSPS) is 14.5. The van der Waals surface area contributed by atoms with Gasteiger partial charge in [-0.05, 0) is 0 Å². The summed E-state index contributed by atoms with van der Waals surface area (Å²) in [6, 6.07) is 0. The van der Waals surface area contributed by atoms with Crippen LogP contribution in [0.15, 0.2) is 9.85 Å². The lowest BCUT2D eigenvalue weighted by Crippen LogP contribution is -2.24. The molecular formula is C5H4BrF3N2S2. The molecule has 0 spiro atoms. The molecule has 0 aliphatic rings. The van der Waals surface area contributed by atoms with Crippen molar-refractivity contribution in [1.29, 1.82) is 0 Å². The molecule has 8 heteroatoms. The second-order valence-electron chi connectivity index (χ2n) is 2.02. The Hall–Kier alpha value is 0.180. The summed E-state index contributed by atoms with van der Waals surface area (Å²) in [6.45, 7) is 0. The first-order chi connectivity index (χ1) is 6.00. The Morgan fingerprint density at radius 2 is 2.31 bits per heavy atom. The molecule has 74 valence electrons. The second kappa shape index (κ2) is 4.61. The maximum absolute atomic E-state index is 12.0. The Labute approximate surface area is 89.1 Å². The van der Waals surface area contributed by atoms with Gasteiger partial charge >= 0.3 is 6.18 Å². The standard InChI is InChI=1S/C5H4BrF3N2S2/c6-3(5(7,8)9)1-12-4-11-10-2-13-4/h2-3H,1H2. The number of rotatable bonds is 3. The van der Waals surface area contributed by atoms with Crippen LogP contribution >= 0.6 is 39.0 Å². The number of alkyl halides is 4. The van der Waals surface area contributed by atoms with E-state index in [0.29, 0.717) is 4.34 Å². The zero-order valence-corrected chi connectivity index (χ0v) is 9.30. The molecule has 0 radical (unpaired) electrons. The summed E-state index contributed by atoms with van der Waals surface area (Å²) in [7, 11) is 0. The number of aromatic nitrogens is 2. The SMILES string of the molecule is FC(F)(F)C(Br)CSc1nncs1. The minimum Gasteiger partial charge on any atom is -0.170 e. The quantitative estimate of drug-likeness (QED) is 0.633. The fraction of sp³-hybridized carbons (Fsp3) is 0.600. The predicted molar refractivity (Wildman–Crippen MR) is 49.4 cm³/mol. The largest absolute Gasteiger partial charge is 0.402 e. The van der Waals surface area contributed by atoms with E-state index in [1.54, 1.807) is 0 Å². The van der Waals surface area contributed by atoms with Gasteiger partial charge in [-0.25, -0.2) is 0 Å². The monoisotopic (exact) mass is 292 g/mol. The highest BCUT2D eigenvalue weighted by Gasteiger charge is 2.37. The van der Waals surface area contributed by atoms with E-state index in [1.165, 1.54) is 16.8 Å². The molecule has 0 saturated carbocycles. The van der Waals surface area contributed by atoms with Gasteiger partial charge in [0.1, 0.15) is 10.3 Å². The third-order valence-corrected chi connectivity index (χ3v) is 4.27. The summed E-state index contributed by atoms with van der Waals surface area (Å²) in [5.74, 6) is -0.0846. The molecule has 0 fully saturated rings. The molecule has 1 unspecified atom stereocenters. The minimum atomic E-state index is -4.20. The molecular weight excluding hydrogens is 289 g/mol. The van der Waals surface area contributed by atoms with E-state index >= 15 is 0 Å². The second-order valence-corrected chi connectivity index (χ2v) is 5.23. The molecule has 0 aliphatic carbocycles. The minimum absolute atomic E-state index is 0.0846. The number of hydrogen-bond acceptors (Lipinski definition) is 4. The van der Waals surface area contributed by atoms with Gasteiger partial charge < -0.3 is 0 Å². The average Bonchev–Trinajstić information content (AvgIpc) is 2.50. The number of hydrogen-bond donors (Lipinski definition) is 0. The summed E-state index contributed by atoms with van der Waals surface area (Å²) in [5.41, 5.74) is 1.49. The van der Waals surface area contributed by atoms with Crippen molar-refractivity contribution in [3.8, 4) is 0 Å². The lowest BCUT2D eigenvalue weighted by molar-refractivity contribution is -0.122. The highest BCUT2D eigenvalue weighted by molar-refractivity contribution is 9.09. The summed E-state index contributed by atoms with van der Waals surface area (Å²) in [5, 5.41) is 7.13. The van der Waals surface area contributed by atoms with Gasteiger partial charge in [-0.1, -0.05) is 39.0 Å². The number of halogens is 4. The Morgan fingerprint density at radius 1 is 1.62 bits per heavy atom. The molecule has 1 atom stereocenters. The van der Waals surface area contributed by atoms with Gasteiger partial charge in [-0.2, -0.15) is 13.2 Å². The van der Waals surface area contributed by atoms with Crippen molar-refractivity contribution in [3.05, 3.63) is 5.51 Å². The van der Waals surface area contributed by atoms with Gasteiger partial charge in [-0.3, -0.25) is 0 Å². The molecule has 0 N–H and O–H groups in total. The highest BCUT2D eigenvalue weighted by atomic mass is 79.9. The molecule has 0 amide bonds. The summed E-state index contributed by atoms with van der Waals surface area (Å²) >= 11 is 4.82. The van der Waals surface area contributed by atoms with Crippen molar-refractivity contribution >= 4 is 39.0 Å². The van der Waals surface area contributed by atoms with E-state index < -0.39 is 11.0 Å². The molecule has 0 aliphatic heterocycles. The van der Waals surface area contributed by atoms with Crippen LogP contribution in [0.5, 0.6) is 0 Å². The molecule has 1 heterocycles. The van der Waals surface area contributed by atoms with Crippen LogP contribution in [0.1, 0.15) is 0 Å². The van der Waals surface area contributed by atoms with Gasteiger partial charge in [0.25, 0.3) is 0 Å². The smallest absolute Gasteiger partial charge is 0.170 e. The van der Waals surface area contributed by atoms with E-state index in [2.05, 4.69) is 26.1 Å². The first-order valence-corrected chi connectivity index (χ1v) is 5.88. The van der Waals surface area contributed by atoms with Crippen LogP contribution in [-0.2, 0) is 0 Å². The Kier molecular flexibility index (Phi) is 3.99. The third kappa shape index (κ3) is 3.82. The molecule has 13 heavy (non-hydrogen) atoms. The highest BCUT2D eigenvalue weighted by Crippen LogP contribution is 2.31. The van der Waals surface area contributed by atoms with Crippen molar-refractivity contribution in [3.63, 3.8) is 0 Å². The summed E-state index contributed by atoms with van der Waals surface area (Å²) in [4.78, 5) is -1.49. The van der Waals surface area contributed by atoms with Crippen molar-refractivity contribution in [2.75, 3.05) is 5.75 Å². The molecule has 1 aromatic rings. The predicted octanol–water partition coefficient (Wildman–Crippen LogP) is 2.96. The van der Waals surface area contributed by atoms with Crippen LogP contribution in [0.2, 0.25) is 0 Å². The molecule has 0 bridgehead atoms. The van der Waals surface area contributed by atoms with E-state index in [1.807, 2.05) is 0 Å². The first-order valence-electron chi connectivity index (χ1n) is 3.10. The fourth-order valence-electron chi connectivity index (χ4n) is 0.465. The maximum Gasteiger partial charge on any atom is 0.402 e. The van der Waals surface area contributed by atoms with E-state index in [0.717, 1.165) is 11.8 Å². The van der Waals surface area contributed by atoms with Crippen molar-refractivity contribution in [2.24, 2.45) is 0 Å². The van der Waals surface area contributed by atoms with Crippen LogP contribution in [0, 0.1) is 0 Å². The zero-order valence-electron chi connectivity index (χ0n) is 6.08. The number of nitrogens with zero attached hydrogens (tertiary/aromatic N) is 2. The van der Waals surface area contributed by atoms with Crippen LogP contribution < -0.4 is 0 Å². The Morgan fingerprint density at radius 3 is 2.77 bits per heavy atom. The van der Waals surface area contributed by atoms with Crippen molar-refractivity contribution in [2.45, 2.75) is 15.3 Å². The Balaban J connectivity index is 2.35. The van der Waals surface area contributed by atoms with Gasteiger partial charge in [0.15, 0.2) is 4.34 Å². The van der Waals surface area contributed by atoms with Gasteiger partial charge in [-0.15, -0.1) is 10.2 Å². The van der Waals surface area contributed by atoms with Gasteiger partial charge in [0.05, 0.1) is 0 Å². The van der Waals surface area contributed by atoms with Crippen LogP contribution in [0.4, 0.5) is 13.2 Å². The van der Waals surface area contributed by atoms with E-state index in [4.69, 9.17) is 0 Å². The molecule has 1 aromatic heterocycles. The fourth-order valence-corrected chi connectivity index (χ4v) is 2.33. The van der Waals surface area contributed by atoms with Gasteiger partial charge in [0, 0.05) is 5.75 Å². The third-order valence-electron chi connectivity index (χ3n) is 1.05. The average molecular weight is 293 g/mol. The lowest BCUT2D eigenvalue weighted by atomic mass is 10.5. The van der Waals surface area contributed by atoms with Crippen LogP contribution in [0.3, 0.4) is 0 Å². The van der Waals surface area contributed by atoms with Crippen LogP contribution in [0.25, 0.3) is 0 Å². The summed E-state index contributed by atoms with van der Waals surface area (Å²) in [6.07, 6.45) is -4.20. The maximum atomic E-state index is 12.0. The van der Waals surface area contributed by atoms with Crippen molar-refractivity contribution < 1.29 is 13.2 Å². The molecule has 2 nitrogen and oxygen atoms in total. The molecule has 1 rings (SSSR count). The van der Waals surface area contributed by atoms with Crippen LogP contribution in [-0.4, -0.2) is 27.0 Å². The van der Waals surface area contributed by atoms with E-state index in [9.17, 15) is 13.2 Å². The first kappa shape index (κ1) is 11.3. The molecule has 0 saturated heterocycles. The summed E-state index contributed by atoms with van der Waals surface area (Å²) < 4.78 is 36.5. The zero-order chi connectivity index (χ0) is 9.90. The topological polar surface area (TPSA) is 25.8 Å². The van der Waals surface area contributed by atoms with Gasteiger partial charge in [0.2, 0.25) is 0 Å². The molecule has 0 aromatic carbocycles. The van der Waals surface area contributed by atoms with Crippen molar-refractivity contribution in [1.82, 2.24) is 10.2 Å². The number of thioether (sulfide) groups is 1. The lowest BCUT2D eigenvalue weighted by Gasteiger charge is -2.11. The Bertz CT molecular complexity index is 251.